The largest absolute Gasteiger partial charge is 0.458 e. The van der Waals surface area contributed by atoms with Crippen molar-refractivity contribution in [3.8, 4) is 0 Å². The Hall–Kier alpha value is -1.39. The van der Waals surface area contributed by atoms with Crippen molar-refractivity contribution >= 4 is 5.97 Å². The average molecular weight is 262 g/mol. The molecule has 0 unspecified atom stereocenters. The van der Waals surface area contributed by atoms with Crippen LogP contribution >= 0.6 is 0 Å². The third-order valence-electron chi connectivity index (χ3n) is 4.36. The monoisotopic (exact) mass is 262 g/mol. The summed E-state index contributed by atoms with van der Waals surface area (Å²) in [6, 6.07) is 0. The highest BCUT2D eigenvalue weighted by atomic mass is 16.6. The van der Waals surface area contributed by atoms with Gasteiger partial charge in [0.25, 0.3) is 0 Å². The minimum Gasteiger partial charge on any atom is -0.458 e. The van der Waals surface area contributed by atoms with E-state index in [1.54, 1.807) is 0 Å². The molecule has 102 valence electrons. The van der Waals surface area contributed by atoms with Gasteiger partial charge >= 0.3 is 5.97 Å². The molecule has 5 atom stereocenters. The predicted octanol–water partition coefficient (Wildman–Crippen LogP) is 1.51. The van der Waals surface area contributed by atoms with E-state index in [2.05, 4.69) is 19.7 Å². The summed E-state index contributed by atoms with van der Waals surface area (Å²) in [6.45, 7) is 11.8. The van der Waals surface area contributed by atoms with Crippen LogP contribution < -0.4 is 0 Å². The summed E-state index contributed by atoms with van der Waals surface area (Å²) in [6.07, 6.45) is 0.413. The van der Waals surface area contributed by atoms with E-state index in [0.29, 0.717) is 12.0 Å². The molecule has 19 heavy (non-hydrogen) atoms. The van der Waals surface area contributed by atoms with Gasteiger partial charge in [-0.2, -0.15) is 0 Å². The number of hydrogen-bond acceptors (Lipinski definition) is 4. The zero-order valence-corrected chi connectivity index (χ0v) is 10.8. The second kappa shape index (κ2) is 4.32. The molecule has 4 heteroatoms. The number of esters is 1. The third kappa shape index (κ3) is 1.86. The molecule has 0 aromatic heterocycles. The van der Waals surface area contributed by atoms with E-state index in [1.807, 2.05) is 0 Å². The fourth-order valence-electron chi connectivity index (χ4n) is 3.24. The quantitative estimate of drug-likeness (QED) is 0.408. The van der Waals surface area contributed by atoms with Crippen molar-refractivity contribution in [3.63, 3.8) is 0 Å². The first-order valence-corrected chi connectivity index (χ1v) is 6.57. The maximum Gasteiger partial charge on any atom is 0.334 e. The molecule has 2 bridgehead atoms. The number of fused-ring (bicyclic) bond motifs is 3. The lowest BCUT2D eigenvalue weighted by atomic mass is 9.78. The van der Waals surface area contributed by atoms with Crippen molar-refractivity contribution in [3.05, 3.63) is 36.5 Å². The molecule has 0 saturated carbocycles. The highest BCUT2D eigenvalue weighted by Crippen LogP contribution is 2.42. The van der Waals surface area contributed by atoms with Gasteiger partial charge in [-0.05, 0) is 24.0 Å². The zero-order valence-electron chi connectivity index (χ0n) is 10.8. The molecule has 0 aromatic rings. The maximum absolute atomic E-state index is 11.7. The lowest BCUT2D eigenvalue weighted by Gasteiger charge is -2.41. The summed E-state index contributed by atoms with van der Waals surface area (Å²) in [7, 11) is 0. The van der Waals surface area contributed by atoms with Crippen molar-refractivity contribution in [2.45, 2.75) is 43.7 Å². The van der Waals surface area contributed by atoms with E-state index in [-0.39, 0.29) is 12.2 Å². The molecule has 0 aromatic carbocycles. The number of ether oxygens (including phenoxy) is 2. The van der Waals surface area contributed by atoms with Crippen molar-refractivity contribution in [1.29, 1.82) is 0 Å². The smallest absolute Gasteiger partial charge is 0.334 e. The van der Waals surface area contributed by atoms with E-state index in [9.17, 15) is 9.90 Å². The van der Waals surface area contributed by atoms with Gasteiger partial charge in [0, 0.05) is 12.0 Å². The minimum absolute atomic E-state index is 0.0846. The standard InChI is InChI=1S/C15H18O4/c1-7-4-5-10-8(2)6-11-12(9(3)15(17)19-11)13(16)14(7)18-10/h10-14,16H,1-6H2/t10-,11+,12-,13+,14-/m1/s1. The van der Waals surface area contributed by atoms with Gasteiger partial charge in [-0.25, -0.2) is 4.79 Å². The van der Waals surface area contributed by atoms with E-state index >= 15 is 0 Å². The predicted molar refractivity (Wildman–Crippen MR) is 69.3 cm³/mol. The number of hydrogen-bond donors (Lipinski definition) is 1. The molecule has 0 radical (unpaired) electrons. The van der Waals surface area contributed by atoms with Crippen LogP contribution in [0.25, 0.3) is 0 Å². The number of carbonyl (C=O) groups is 1. The second-order valence-corrected chi connectivity index (χ2v) is 5.59. The highest BCUT2D eigenvalue weighted by molar-refractivity contribution is 5.91. The maximum atomic E-state index is 11.7. The number of rotatable bonds is 0. The van der Waals surface area contributed by atoms with Crippen LogP contribution in [0.4, 0.5) is 0 Å². The second-order valence-electron chi connectivity index (χ2n) is 5.59. The van der Waals surface area contributed by atoms with Gasteiger partial charge in [-0.15, -0.1) is 0 Å². The first-order valence-electron chi connectivity index (χ1n) is 6.57. The molecular formula is C15H18O4. The van der Waals surface area contributed by atoms with Crippen molar-refractivity contribution in [2.75, 3.05) is 0 Å². The van der Waals surface area contributed by atoms with Crippen LogP contribution in [-0.4, -0.2) is 35.5 Å². The number of aliphatic hydroxyl groups excluding tert-OH is 1. The van der Waals surface area contributed by atoms with Crippen molar-refractivity contribution in [1.82, 2.24) is 0 Å². The summed E-state index contributed by atoms with van der Waals surface area (Å²) in [5.41, 5.74) is 2.11. The molecule has 0 aliphatic carbocycles. The summed E-state index contributed by atoms with van der Waals surface area (Å²) < 4.78 is 11.2. The van der Waals surface area contributed by atoms with Gasteiger partial charge in [0.1, 0.15) is 12.2 Å². The highest BCUT2D eigenvalue weighted by Gasteiger charge is 2.49. The number of carbonyl (C=O) groups excluding carboxylic acids is 1. The first kappa shape index (κ1) is 12.6. The number of aliphatic hydroxyl groups is 1. The molecule has 1 N–H and O–H groups in total. The Kier molecular flexibility index (Phi) is 2.87. The van der Waals surface area contributed by atoms with Gasteiger partial charge in [-0.1, -0.05) is 19.7 Å². The van der Waals surface area contributed by atoms with Gasteiger partial charge in [-0.3, -0.25) is 0 Å². The van der Waals surface area contributed by atoms with Crippen LogP contribution in [0.5, 0.6) is 0 Å². The van der Waals surface area contributed by atoms with Crippen LogP contribution in [0.15, 0.2) is 36.5 Å². The molecule has 3 heterocycles. The van der Waals surface area contributed by atoms with Crippen LogP contribution in [0, 0.1) is 5.92 Å². The van der Waals surface area contributed by atoms with E-state index in [0.717, 1.165) is 24.0 Å². The Morgan fingerprint density at radius 3 is 2.68 bits per heavy atom. The van der Waals surface area contributed by atoms with Crippen LogP contribution in [0.2, 0.25) is 0 Å². The fraction of sp³-hybridized carbons (Fsp3) is 0.533. The molecule has 4 nitrogen and oxygen atoms in total. The molecule has 3 aliphatic rings. The lowest BCUT2D eigenvalue weighted by molar-refractivity contribution is -0.142. The van der Waals surface area contributed by atoms with Gasteiger partial charge in [0.15, 0.2) is 0 Å². The molecule has 3 saturated heterocycles. The van der Waals surface area contributed by atoms with Gasteiger partial charge < -0.3 is 14.6 Å². The third-order valence-corrected chi connectivity index (χ3v) is 4.36. The Morgan fingerprint density at radius 2 is 1.95 bits per heavy atom. The van der Waals surface area contributed by atoms with Gasteiger partial charge in [0.2, 0.25) is 0 Å². The average Bonchev–Trinajstić information content (AvgIpc) is 2.63. The van der Waals surface area contributed by atoms with Crippen LogP contribution in [0.1, 0.15) is 19.3 Å². The molecular weight excluding hydrogens is 244 g/mol. The van der Waals surface area contributed by atoms with E-state index in [1.165, 1.54) is 0 Å². The van der Waals surface area contributed by atoms with Crippen LogP contribution in [0.3, 0.4) is 0 Å². The SMILES string of the molecule is C=C1C(=O)O[C@H]2CC(=C)[C@H]3CCC(=C)[C@@H](O3)[C@@H](O)[C@H]12. The fourth-order valence-corrected chi connectivity index (χ4v) is 3.24. The normalized spacial score (nSPS) is 42.5. The Morgan fingerprint density at radius 1 is 1.21 bits per heavy atom. The van der Waals surface area contributed by atoms with E-state index in [4.69, 9.17) is 9.47 Å². The van der Waals surface area contributed by atoms with Crippen LogP contribution in [-0.2, 0) is 14.3 Å². The summed E-state index contributed by atoms with van der Waals surface area (Å²) in [5.74, 6) is -0.853. The molecule has 0 spiro atoms. The Bertz CT molecular complexity index is 479. The molecule has 3 fully saturated rings. The molecule has 3 aliphatic heterocycles. The topological polar surface area (TPSA) is 55.8 Å². The van der Waals surface area contributed by atoms with E-state index < -0.39 is 24.1 Å². The summed E-state index contributed by atoms with van der Waals surface area (Å²) in [4.78, 5) is 11.7. The van der Waals surface area contributed by atoms with Crippen molar-refractivity contribution < 1.29 is 19.4 Å². The minimum atomic E-state index is -0.827. The molecule has 0 amide bonds. The summed E-state index contributed by atoms with van der Waals surface area (Å²) in [5, 5.41) is 10.5. The first-order chi connectivity index (χ1) is 8.99. The Balaban J connectivity index is 1.98. The zero-order chi connectivity index (χ0) is 13.7. The Labute approximate surface area is 112 Å². The van der Waals surface area contributed by atoms with Crippen molar-refractivity contribution in [2.24, 2.45) is 5.92 Å². The summed E-state index contributed by atoms with van der Waals surface area (Å²) >= 11 is 0. The lowest BCUT2D eigenvalue weighted by Crippen LogP contribution is -2.47. The van der Waals surface area contributed by atoms with Gasteiger partial charge in [0.05, 0.1) is 18.1 Å². The molecule has 3 rings (SSSR count).